The van der Waals surface area contributed by atoms with Crippen LogP contribution in [0.2, 0.25) is 0 Å². The zero-order valence-electron chi connectivity index (χ0n) is 23.0. The van der Waals surface area contributed by atoms with Crippen LogP contribution in [0.4, 0.5) is 5.69 Å². The number of para-hydroxylation sites is 3. The molecule has 0 spiro atoms. The Kier molecular flexibility index (Phi) is 8.11. The van der Waals surface area contributed by atoms with E-state index < -0.39 is 0 Å². The van der Waals surface area contributed by atoms with Gasteiger partial charge < -0.3 is 19.1 Å². The summed E-state index contributed by atoms with van der Waals surface area (Å²) in [6, 6.07) is 24.5. The lowest BCUT2D eigenvalue weighted by molar-refractivity contribution is -0.130. The van der Waals surface area contributed by atoms with Gasteiger partial charge in [-0.25, -0.2) is 4.98 Å². The average molecular weight is 632 g/mol. The summed E-state index contributed by atoms with van der Waals surface area (Å²) in [6.45, 7) is 5.53. The SMILES string of the molecule is CCC(Sc1nnc2c3ccccc3n(Cc3ccc(Br)cc3)c2n1)C(=O)N1CCN(c2ccccc2OC)CC1. The largest absolute Gasteiger partial charge is 0.495 e. The predicted molar refractivity (Wildman–Crippen MR) is 168 cm³/mol. The molecule has 3 aromatic carbocycles. The average Bonchev–Trinajstić information content (AvgIpc) is 3.33. The van der Waals surface area contributed by atoms with E-state index in [0.717, 1.165) is 56.6 Å². The van der Waals surface area contributed by atoms with Crippen molar-refractivity contribution in [1.29, 1.82) is 0 Å². The number of halogens is 1. The second kappa shape index (κ2) is 12.1. The van der Waals surface area contributed by atoms with Crippen molar-refractivity contribution in [1.82, 2.24) is 24.6 Å². The number of fused-ring (bicyclic) bond motifs is 3. The molecule has 0 aliphatic carbocycles. The van der Waals surface area contributed by atoms with Crippen LogP contribution < -0.4 is 9.64 Å². The molecule has 1 aliphatic rings. The molecule has 2 aromatic heterocycles. The Morgan fingerprint density at radius 3 is 2.46 bits per heavy atom. The summed E-state index contributed by atoms with van der Waals surface area (Å²) in [4.78, 5) is 22.8. The number of carbonyl (C=O) groups is 1. The van der Waals surface area contributed by atoms with Gasteiger partial charge in [-0.2, -0.15) is 0 Å². The van der Waals surface area contributed by atoms with Gasteiger partial charge in [0.1, 0.15) is 11.3 Å². The van der Waals surface area contributed by atoms with Gasteiger partial charge in [0, 0.05) is 42.6 Å². The Morgan fingerprint density at radius 1 is 0.976 bits per heavy atom. The molecule has 1 saturated heterocycles. The van der Waals surface area contributed by atoms with Crippen molar-refractivity contribution in [3.8, 4) is 5.75 Å². The third-order valence-electron chi connectivity index (χ3n) is 7.52. The van der Waals surface area contributed by atoms with E-state index in [1.165, 1.54) is 11.8 Å². The van der Waals surface area contributed by atoms with Gasteiger partial charge in [0.15, 0.2) is 5.65 Å². The van der Waals surface area contributed by atoms with Crippen LogP contribution in [-0.2, 0) is 11.3 Å². The summed E-state index contributed by atoms with van der Waals surface area (Å²) in [5.74, 6) is 0.975. The number of amides is 1. The molecule has 1 atom stereocenters. The zero-order chi connectivity index (χ0) is 28.3. The highest BCUT2D eigenvalue weighted by Gasteiger charge is 2.29. The smallest absolute Gasteiger partial charge is 0.236 e. The minimum Gasteiger partial charge on any atom is -0.495 e. The number of hydrogen-bond acceptors (Lipinski definition) is 7. The van der Waals surface area contributed by atoms with Gasteiger partial charge in [-0.3, -0.25) is 4.79 Å². The van der Waals surface area contributed by atoms with Crippen LogP contribution in [0.5, 0.6) is 5.75 Å². The summed E-state index contributed by atoms with van der Waals surface area (Å²) in [5.41, 5.74) is 4.84. The first-order valence-corrected chi connectivity index (χ1v) is 15.4. The number of nitrogens with zero attached hydrogens (tertiary/aromatic N) is 6. The first-order chi connectivity index (χ1) is 20.1. The zero-order valence-corrected chi connectivity index (χ0v) is 25.4. The fourth-order valence-electron chi connectivity index (χ4n) is 5.37. The molecule has 8 nitrogen and oxygen atoms in total. The maximum absolute atomic E-state index is 13.6. The topological polar surface area (TPSA) is 76.4 Å². The van der Waals surface area contributed by atoms with E-state index in [-0.39, 0.29) is 11.2 Å². The van der Waals surface area contributed by atoms with Crippen LogP contribution in [0, 0.1) is 0 Å². The molecule has 0 N–H and O–H groups in total. The number of hydrogen-bond donors (Lipinski definition) is 0. The van der Waals surface area contributed by atoms with E-state index >= 15 is 0 Å². The molecule has 1 amide bonds. The Hall–Kier alpha value is -3.63. The normalized spacial score (nSPS) is 14.5. The lowest BCUT2D eigenvalue weighted by Gasteiger charge is -2.37. The maximum Gasteiger partial charge on any atom is 0.236 e. The van der Waals surface area contributed by atoms with Gasteiger partial charge in [-0.05, 0) is 42.3 Å². The van der Waals surface area contributed by atoms with Gasteiger partial charge in [-0.1, -0.05) is 77.1 Å². The maximum atomic E-state index is 13.6. The van der Waals surface area contributed by atoms with Crippen molar-refractivity contribution in [3.63, 3.8) is 0 Å². The number of methoxy groups -OCH3 is 1. The van der Waals surface area contributed by atoms with Crippen LogP contribution in [0.15, 0.2) is 82.4 Å². The first-order valence-electron chi connectivity index (χ1n) is 13.7. The quantitative estimate of drug-likeness (QED) is 0.194. The summed E-state index contributed by atoms with van der Waals surface area (Å²) in [6.07, 6.45) is 0.680. The van der Waals surface area contributed by atoms with Crippen molar-refractivity contribution in [2.45, 2.75) is 30.3 Å². The van der Waals surface area contributed by atoms with Gasteiger partial charge in [0.2, 0.25) is 11.1 Å². The molecule has 3 heterocycles. The second-order valence-corrected chi connectivity index (χ2v) is 12.1. The number of carbonyl (C=O) groups excluding carboxylic acids is 1. The highest BCUT2D eigenvalue weighted by molar-refractivity contribution is 9.10. The van der Waals surface area contributed by atoms with Crippen molar-refractivity contribution in [2.75, 3.05) is 38.2 Å². The van der Waals surface area contributed by atoms with E-state index in [9.17, 15) is 4.79 Å². The van der Waals surface area contributed by atoms with Gasteiger partial charge in [0.05, 0.1) is 23.6 Å². The van der Waals surface area contributed by atoms with Crippen molar-refractivity contribution in [3.05, 3.63) is 82.8 Å². The Balaban J connectivity index is 1.21. The molecule has 6 rings (SSSR count). The molecule has 0 radical (unpaired) electrons. The number of anilines is 1. The van der Waals surface area contributed by atoms with E-state index in [1.54, 1.807) is 7.11 Å². The molecular formula is C31H31BrN6O2S. The van der Waals surface area contributed by atoms with Gasteiger partial charge in [-0.15, -0.1) is 10.2 Å². The highest BCUT2D eigenvalue weighted by Crippen LogP contribution is 2.32. The Labute approximate surface area is 251 Å². The van der Waals surface area contributed by atoms with Crippen LogP contribution in [0.3, 0.4) is 0 Å². The van der Waals surface area contributed by atoms with Crippen molar-refractivity contribution in [2.24, 2.45) is 0 Å². The highest BCUT2D eigenvalue weighted by atomic mass is 79.9. The molecule has 41 heavy (non-hydrogen) atoms. The number of piperazine rings is 1. The summed E-state index contributed by atoms with van der Waals surface area (Å²) in [7, 11) is 1.69. The number of aromatic nitrogens is 4. The fourth-order valence-corrected chi connectivity index (χ4v) is 6.53. The molecule has 0 bridgehead atoms. The standard InChI is InChI=1S/C31H31BrN6O2S/c1-3-27(30(39)37-18-16-36(17-19-37)25-10-6-7-11-26(25)40-2)41-31-33-29-28(34-35-31)23-8-4-5-9-24(23)38(29)20-21-12-14-22(32)15-13-21/h4-15,27H,3,16-20H2,1-2H3. The van der Waals surface area contributed by atoms with Crippen molar-refractivity contribution >= 4 is 61.4 Å². The number of rotatable bonds is 8. The van der Waals surface area contributed by atoms with Crippen LogP contribution in [0.25, 0.3) is 22.1 Å². The van der Waals surface area contributed by atoms with Crippen molar-refractivity contribution < 1.29 is 9.53 Å². The van der Waals surface area contributed by atoms with E-state index in [2.05, 4.69) is 65.9 Å². The molecule has 1 unspecified atom stereocenters. The fraction of sp³-hybridized carbons (Fsp3) is 0.290. The van der Waals surface area contributed by atoms with E-state index in [1.807, 2.05) is 54.3 Å². The van der Waals surface area contributed by atoms with E-state index in [4.69, 9.17) is 9.72 Å². The minimum absolute atomic E-state index is 0.122. The number of benzene rings is 3. The number of thioether (sulfide) groups is 1. The second-order valence-electron chi connectivity index (χ2n) is 10.00. The lowest BCUT2D eigenvalue weighted by atomic mass is 10.2. The monoisotopic (exact) mass is 630 g/mol. The number of ether oxygens (including phenoxy) is 1. The van der Waals surface area contributed by atoms with Crippen LogP contribution >= 0.6 is 27.7 Å². The van der Waals surface area contributed by atoms with Gasteiger partial charge in [0.25, 0.3) is 0 Å². The third kappa shape index (κ3) is 5.63. The van der Waals surface area contributed by atoms with E-state index in [0.29, 0.717) is 31.2 Å². The molecule has 0 saturated carbocycles. The molecule has 10 heteroatoms. The Bertz CT molecular complexity index is 1680. The first kappa shape index (κ1) is 27.5. The lowest BCUT2D eigenvalue weighted by Crippen LogP contribution is -2.51. The molecule has 1 fully saturated rings. The molecule has 210 valence electrons. The Morgan fingerprint density at radius 2 is 1.71 bits per heavy atom. The summed E-state index contributed by atoms with van der Waals surface area (Å²) < 4.78 is 8.77. The molecular weight excluding hydrogens is 600 g/mol. The summed E-state index contributed by atoms with van der Waals surface area (Å²) >= 11 is 4.93. The molecule has 5 aromatic rings. The third-order valence-corrected chi connectivity index (χ3v) is 9.25. The van der Waals surface area contributed by atoms with Crippen LogP contribution in [-0.4, -0.2) is 69.1 Å². The van der Waals surface area contributed by atoms with Gasteiger partial charge >= 0.3 is 0 Å². The minimum atomic E-state index is -0.281. The summed E-state index contributed by atoms with van der Waals surface area (Å²) in [5, 5.41) is 10.3. The van der Waals surface area contributed by atoms with Crippen LogP contribution in [0.1, 0.15) is 18.9 Å². The molecule has 1 aliphatic heterocycles. The predicted octanol–water partition coefficient (Wildman–Crippen LogP) is 6.02.